The maximum Gasteiger partial charge on any atom is 0.459 e. The van der Waals surface area contributed by atoms with E-state index in [0.717, 1.165) is 25.5 Å². The standard InChI is InChI=1S/C16H19F7O/c1-3-4-6-11-7-5-8-12(9-11)13(24-2)10-14(17,18)15(19,20)16(21,22)23/h5,7-9,13H,3-4,6,10H2,1-2H3. The molecule has 0 amide bonds. The summed E-state index contributed by atoms with van der Waals surface area (Å²) < 4.78 is 94.6. The molecule has 0 aliphatic rings. The van der Waals surface area contributed by atoms with Crippen molar-refractivity contribution < 1.29 is 35.5 Å². The number of aryl methyl sites for hydroxylation is 1. The van der Waals surface area contributed by atoms with Crippen LogP contribution < -0.4 is 0 Å². The van der Waals surface area contributed by atoms with Crippen molar-refractivity contribution in [3.63, 3.8) is 0 Å². The first-order valence-corrected chi connectivity index (χ1v) is 7.40. The second-order valence-electron chi connectivity index (χ2n) is 5.55. The van der Waals surface area contributed by atoms with Crippen molar-refractivity contribution in [1.82, 2.24) is 0 Å². The van der Waals surface area contributed by atoms with E-state index in [0.29, 0.717) is 6.42 Å². The quantitative estimate of drug-likeness (QED) is 0.521. The summed E-state index contributed by atoms with van der Waals surface area (Å²) in [5, 5.41) is 0. The van der Waals surface area contributed by atoms with Crippen LogP contribution in [0.4, 0.5) is 30.7 Å². The lowest BCUT2D eigenvalue weighted by Gasteiger charge is -2.30. The molecule has 0 spiro atoms. The molecule has 0 heterocycles. The summed E-state index contributed by atoms with van der Waals surface area (Å²) in [6.45, 7) is 1.96. The van der Waals surface area contributed by atoms with Crippen LogP contribution >= 0.6 is 0 Å². The van der Waals surface area contributed by atoms with Gasteiger partial charge in [0, 0.05) is 13.5 Å². The lowest BCUT2D eigenvalue weighted by Crippen LogP contribution is -2.52. The highest BCUT2D eigenvalue weighted by Gasteiger charge is 2.73. The van der Waals surface area contributed by atoms with Gasteiger partial charge in [-0.05, 0) is 24.0 Å². The van der Waals surface area contributed by atoms with E-state index in [2.05, 4.69) is 0 Å². The maximum absolute atomic E-state index is 13.6. The number of hydrogen-bond donors (Lipinski definition) is 0. The van der Waals surface area contributed by atoms with Crippen molar-refractivity contribution >= 4 is 0 Å². The van der Waals surface area contributed by atoms with E-state index in [1.165, 1.54) is 18.2 Å². The highest BCUT2D eigenvalue weighted by atomic mass is 19.4. The molecule has 0 saturated heterocycles. The van der Waals surface area contributed by atoms with E-state index >= 15 is 0 Å². The van der Waals surface area contributed by atoms with E-state index < -0.39 is 30.5 Å². The van der Waals surface area contributed by atoms with Crippen LogP contribution in [0.1, 0.15) is 43.4 Å². The Hall–Kier alpha value is -1.31. The first-order chi connectivity index (χ1) is 11.0. The molecule has 0 bridgehead atoms. The third-order valence-corrected chi connectivity index (χ3v) is 3.68. The van der Waals surface area contributed by atoms with Gasteiger partial charge in [0.2, 0.25) is 0 Å². The van der Waals surface area contributed by atoms with Gasteiger partial charge in [0.1, 0.15) is 0 Å². The van der Waals surface area contributed by atoms with Gasteiger partial charge in [-0.1, -0.05) is 37.6 Å². The van der Waals surface area contributed by atoms with Gasteiger partial charge in [-0.3, -0.25) is 0 Å². The van der Waals surface area contributed by atoms with E-state index in [1.54, 1.807) is 6.07 Å². The van der Waals surface area contributed by atoms with Crippen LogP contribution in [0, 0.1) is 0 Å². The van der Waals surface area contributed by atoms with Gasteiger partial charge in [0.25, 0.3) is 0 Å². The van der Waals surface area contributed by atoms with Crippen LogP contribution in [0.2, 0.25) is 0 Å². The molecule has 1 atom stereocenters. The Balaban J connectivity index is 3.02. The molecule has 0 aromatic heterocycles. The fraction of sp³-hybridized carbons (Fsp3) is 0.625. The minimum absolute atomic E-state index is 0.142. The van der Waals surface area contributed by atoms with Crippen LogP contribution in [-0.2, 0) is 11.2 Å². The highest BCUT2D eigenvalue weighted by Crippen LogP contribution is 2.50. The first kappa shape index (κ1) is 20.7. The van der Waals surface area contributed by atoms with Crippen molar-refractivity contribution in [3.8, 4) is 0 Å². The smallest absolute Gasteiger partial charge is 0.377 e. The summed E-state index contributed by atoms with van der Waals surface area (Å²) >= 11 is 0. The second-order valence-corrected chi connectivity index (χ2v) is 5.55. The fourth-order valence-corrected chi connectivity index (χ4v) is 2.24. The molecule has 0 aliphatic carbocycles. The number of unbranched alkanes of at least 4 members (excludes halogenated alkanes) is 1. The number of methoxy groups -OCH3 is 1. The van der Waals surface area contributed by atoms with Crippen LogP contribution in [0.25, 0.3) is 0 Å². The van der Waals surface area contributed by atoms with Crippen LogP contribution in [0.3, 0.4) is 0 Å². The predicted octanol–water partition coefficient (Wildman–Crippen LogP) is 5.94. The van der Waals surface area contributed by atoms with Crippen LogP contribution in [-0.4, -0.2) is 25.1 Å². The largest absolute Gasteiger partial charge is 0.459 e. The van der Waals surface area contributed by atoms with Crippen molar-refractivity contribution in [2.24, 2.45) is 0 Å². The molecule has 1 aromatic carbocycles. The zero-order valence-corrected chi connectivity index (χ0v) is 13.3. The zero-order valence-electron chi connectivity index (χ0n) is 13.3. The number of hydrogen-bond acceptors (Lipinski definition) is 1. The highest BCUT2D eigenvalue weighted by molar-refractivity contribution is 5.26. The van der Waals surface area contributed by atoms with E-state index in [9.17, 15) is 30.7 Å². The molecular weight excluding hydrogens is 341 g/mol. The molecule has 1 unspecified atom stereocenters. The van der Waals surface area contributed by atoms with Gasteiger partial charge in [-0.2, -0.15) is 30.7 Å². The third-order valence-electron chi connectivity index (χ3n) is 3.68. The topological polar surface area (TPSA) is 9.23 Å². The fourth-order valence-electron chi connectivity index (χ4n) is 2.24. The lowest BCUT2D eigenvalue weighted by molar-refractivity contribution is -0.358. The summed E-state index contributed by atoms with van der Waals surface area (Å²) in [6, 6.07) is 6.12. The van der Waals surface area contributed by atoms with Gasteiger partial charge in [-0.25, -0.2) is 0 Å². The van der Waals surface area contributed by atoms with Crippen molar-refractivity contribution in [1.29, 1.82) is 0 Å². The Labute approximate surface area is 135 Å². The van der Waals surface area contributed by atoms with Crippen molar-refractivity contribution in [3.05, 3.63) is 35.4 Å². The van der Waals surface area contributed by atoms with E-state index in [-0.39, 0.29) is 5.56 Å². The second kappa shape index (κ2) is 7.72. The number of alkyl halides is 7. The Bertz CT molecular complexity index is 525. The third kappa shape index (κ3) is 4.62. The van der Waals surface area contributed by atoms with Gasteiger partial charge in [0.05, 0.1) is 6.10 Å². The SMILES string of the molecule is CCCCc1cccc(C(CC(F)(F)C(F)(F)C(F)(F)F)OC)c1. The molecule has 24 heavy (non-hydrogen) atoms. The Morgan fingerprint density at radius 3 is 2.17 bits per heavy atom. The van der Waals surface area contributed by atoms with Crippen molar-refractivity contribution in [2.75, 3.05) is 7.11 Å². The molecule has 0 aliphatic heterocycles. The number of rotatable bonds is 8. The van der Waals surface area contributed by atoms with E-state index in [1.807, 2.05) is 6.92 Å². The monoisotopic (exact) mass is 360 g/mol. The minimum Gasteiger partial charge on any atom is -0.377 e. The maximum atomic E-state index is 13.6. The van der Waals surface area contributed by atoms with E-state index in [4.69, 9.17) is 4.74 Å². The van der Waals surface area contributed by atoms with Gasteiger partial charge < -0.3 is 4.74 Å². The molecule has 1 aromatic rings. The number of halogens is 7. The Morgan fingerprint density at radius 2 is 1.67 bits per heavy atom. The average molecular weight is 360 g/mol. The lowest BCUT2D eigenvalue weighted by atomic mass is 9.96. The first-order valence-electron chi connectivity index (χ1n) is 7.40. The van der Waals surface area contributed by atoms with Gasteiger partial charge in [-0.15, -0.1) is 0 Å². The molecule has 0 radical (unpaired) electrons. The minimum atomic E-state index is -6.34. The van der Waals surface area contributed by atoms with Crippen LogP contribution in [0.5, 0.6) is 0 Å². The molecule has 1 nitrogen and oxygen atoms in total. The molecule has 0 saturated carbocycles. The van der Waals surface area contributed by atoms with Crippen molar-refractivity contribution in [2.45, 2.75) is 56.7 Å². The average Bonchev–Trinajstić information content (AvgIpc) is 2.49. The summed E-state index contributed by atoms with van der Waals surface area (Å²) in [7, 11) is 0.991. The zero-order chi connectivity index (χ0) is 18.6. The normalized spacial score (nSPS) is 14.7. The van der Waals surface area contributed by atoms with Gasteiger partial charge >= 0.3 is 18.0 Å². The van der Waals surface area contributed by atoms with Crippen LogP contribution in [0.15, 0.2) is 24.3 Å². The molecular formula is C16H19F7O. The molecule has 1 rings (SSSR count). The molecule has 8 heteroatoms. The Morgan fingerprint density at radius 1 is 1.04 bits per heavy atom. The molecule has 0 fully saturated rings. The predicted molar refractivity (Wildman–Crippen MR) is 75.4 cm³/mol. The molecule has 138 valence electrons. The molecule has 0 N–H and O–H groups in total. The summed E-state index contributed by atoms with van der Waals surface area (Å²) in [5.74, 6) is -11.4. The van der Waals surface area contributed by atoms with Gasteiger partial charge in [0.15, 0.2) is 0 Å². The number of benzene rings is 1. The summed E-state index contributed by atoms with van der Waals surface area (Å²) in [4.78, 5) is 0. The Kier molecular flexibility index (Phi) is 6.67. The number of ether oxygens (including phenoxy) is 1. The summed E-state index contributed by atoms with van der Waals surface area (Å²) in [5.41, 5.74) is 0.922. The summed E-state index contributed by atoms with van der Waals surface area (Å²) in [6.07, 6.45) is -7.30.